The summed E-state index contributed by atoms with van der Waals surface area (Å²) < 4.78 is 0. The summed E-state index contributed by atoms with van der Waals surface area (Å²) in [6, 6.07) is 7.58. The zero-order valence-electron chi connectivity index (χ0n) is 8.10. The summed E-state index contributed by atoms with van der Waals surface area (Å²) in [5.74, 6) is -0.481. The van der Waals surface area contributed by atoms with Gasteiger partial charge in [0.2, 0.25) is 0 Å². The van der Waals surface area contributed by atoms with E-state index in [1.54, 1.807) is 0 Å². The molecule has 3 N–H and O–H groups in total. The molecule has 0 spiro atoms. The Morgan fingerprint density at radius 2 is 2.00 bits per heavy atom. The highest BCUT2D eigenvalue weighted by Crippen LogP contribution is 2.05. The molecule has 0 fully saturated rings. The van der Waals surface area contributed by atoms with Crippen molar-refractivity contribution >= 4 is 5.91 Å². The third-order valence-electron chi connectivity index (χ3n) is 1.92. The molecule has 14 heavy (non-hydrogen) atoms. The fraction of sp³-hybridized carbons (Fsp3) is 0.300. The topological polar surface area (TPSA) is 66.6 Å². The SMILES string of the molecule is Cc1ccc(CN(O)C(=O)CN)cc1. The summed E-state index contributed by atoms with van der Waals surface area (Å²) in [6.07, 6.45) is 0. The van der Waals surface area contributed by atoms with E-state index in [9.17, 15) is 10.0 Å². The van der Waals surface area contributed by atoms with Crippen LogP contribution in [0.2, 0.25) is 0 Å². The van der Waals surface area contributed by atoms with Crippen molar-refractivity contribution in [1.29, 1.82) is 0 Å². The molecule has 0 aliphatic heterocycles. The molecule has 0 saturated heterocycles. The molecular weight excluding hydrogens is 180 g/mol. The van der Waals surface area contributed by atoms with Gasteiger partial charge < -0.3 is 5.73 Å². The Morgan fingerprint density at radius 1 is 1.43 bits per heavy atom. The van der Waals surface area contributed by atoms with Crippen molar-refractivity contribution in [3.63, 3.8) is 0 Å². The number of nitrogens with zero attached hydrogens (tertiary/aromatic N) is 1. The van der Waals surface area contributed by atoms with Gasteiger partial charge in [0.25, 0.3) is 5.91 Å². The van der Waals surface area contributed by atoms with Crippen molar-refractivity contribution in [3.8, 4) is 0 Å². The lowest BCUT2D eigenvalue weighted by molar-refractivity contribution is -0.166. The molecule has 1 amide bonds. The van der Waals surface area contributed by atoms with Crippen LogP contribution in [0.25, 0.3) is 0 Å². The van der Waals surface area contributed by atoms with Crippen LogP contribution in [0.4, 0.5) is 0 Å². The number of amides is 1. The van der Waals surface area contributed by atoms with Gasteiger partial charge in [0.1, 0.15) is 0 Å². The van der Waals surface area contributed by atoms with Gasteiger partial charge in [0.05, 0.1) is 13.1 Å². The maximum absolute atomic E-state index is 10.9. The Bertz CT molecular complexity index is 308. The lowest BCUT2D eigenvalue weighted by Crippen LogP contribution is -2.32. The molecule has 0 bridgehead atoms. The molecule has 76 valence electrons. The normalized spacial score (nSPS) is 9.93. The van der Waals surface area contributed by atoms with Gasteiger partial charge in [-0.15, -0.1) is 0 Å². The second kappa shape index (κ2) is 4.74. The van der Waals surface area contributed by atoms with Gasteiger partial charge >= 0.3 is 0 Å². The molecule has 1 rings (SSSR count). The highest BCUT2D eigenvalue weighted by Gasteiger charge is 2.08. The van der Waals surface area contributed by atoms with Crippen LogP contribution in [-0.2, 0) is 11.3 Å². The van der Waals surface area contributed by atoms with Gasteiger partial charge in [-0.05, 0) is 12.5 Å². The van der Waals surface area contributed by atoms with Crippen molar-refractivity contribution < 1.29 is 10.0 Å². The van der Waals surface area contributed by atoms with Crippen molar-refractivity contribution in [1.82, 2.24) is 5.06 Å². The summed E-state index contributed by atoms with van der Waals surface area (Å²) in [7, 11) is 0. The van der Waals surface area contributed by atoms with Crippen molar-refractivity contribution in [2.75, 3.05) is 6.54 Å². The number of aryl methyl sites for hydroxylation is 1. The van der Waals surface area contributed by atoms with Crippen molar-refractivity contribution in [3.05, 3.63) is 35.4 Å². The molecule has 0 saturated carbocycles. The molecule has 0 aliphatic rings. The van der Waals surface area contributed by atoms with E-state index in [1.807, 2.05) is 31.2 Å². The number of rotatable bonds is 3. The molecule has 0 radical (unpaired) electrons. The van der Waals surface area contributed by atoms with Crippen LogP contribution in [0.5, 0.6) is 0 Å². The Hall–Kier alpha value is -1.39. The van der Waals surface area contributed by atoms with Crippen molar-refractivity contribution in [2.45, 2.75) is 13.5 Å². The van der Waals surface area contributed by atoms with Gasteiger partial charge in [-0.2, -0.15) is 0 Å². The van der Waals surface area contributed by atoms with E-state index in [0.29, 0.717) is 5.06 Å². The first-order chi connectivity index (χ1) is 6.63. The predicted octanol–water partition coefficient (Wildman–Crippen LogP) is 0.672. The third-order valence-corrected chi connectivity index (χ3v) is 1.92. The summed E-state index contributed by atoms with van der Waals surface area (Å²) in [6.45, 7) is 1.98. The average molecular weight is 194 g/mol. The lowest BCUT2D eigenvalue weighted by atomic mass is 10.1. The second-order valence-corrected chi connectivity index (χ2v) is 3.14. The first kappa shape index (κ1) is 10.7. The lowest BCUT2D eigenvalue weighted by Gasteiger charge is -2.13. The maximum atomic E-state index is 10.9. The number of hydroxylamine groups is 2. The Morgan fingerprint density at radius 3 is 2.50 bits per heavy atom. The largest absolute Gasteiger partial charge is 0.322 e. The molecule has 4 heteroatoms. The molecule has 1 aromatic rings. The van der Waals surface area contributed by atoms with E-state index in [4.69, 9.17) is 5.73 Å². The zero-order chi connectivity index (χ0) is 10.6. The van der Waals surface area contributed by atoms with Crippen LogP contribution in [0.3, 0.4) is 0 Å². The average Bonchev–Trinajstić information content (AvgIpc) is 2.20. The van der Waals surface area contributed by atoms with E-state index in [1.165, 1.54) is 0 Å². The first-order valence-electron chi connectivity index (χ1n) is 4.38. The predicted molar refractivity (Wildman–Crippen MR) is 52.6 cm³/mol. The minimum atomic E-state index is -0.481. The Kier molecular flexibility index (Phi) is 3.62. The molecule has 0 atom stereocenters. The van der Waals surface area contributed by atoms with Crippen LogP contribution in [0.1, 0.15) is 11.1 Å². The summed E-state index contributed by atoms with van der Waals surface area (Å²) in [5, 5.41) is 9.87. The monoisotopic (exact) mass is 194 g/mol. The smallest absolute Gasteiger partial charge is 0.259 e. The van der Waals surface area contributed by atoms with Gasteiger partial charge in [-0.1, -0.05) is 29.8 Å². The molecule has 0 heterocycles. The molecule has 0 aliphatic carbocycles. The zero-order valence-corrected chi connectivity index (χ0v) is 8.10. The number of hydrogen-bond acceptors (Lipinski definition) is 3. The van der Waals surface area contributed by atoms with Crippen LogP contribution in [-0.4, -0.2) is 22.7 Å². The van der Waals surface area contributed by atoms with Gasteiger partial charge in [-0.25, -0.2) is 5.06 Å². The molecule has 0 aromatic heterocycles. The fourth-order valence-electron chi connectivity index (χ4n) is 1.06. The van der Waals surface area contributed by atoms with Gasteiger partial charge in [0, 0.05) is 0 Å². The van der Waals surface area contributed by atoms with Gasteiger partial charge in [-0.3, -0.25) is 10.0 Å². The number of hydrogen-bond donors (Lipinski definition) is 2. The Balaban J connectivity index is 2.60. The van der Waals surface area contributed by atoms with E-state index < -0.39 is 5.91 Å². The van der Waals surface area contributed by atoms with E-state index in [2.05, 4.69) is 0 Å². The third kappa shape index (κ3) is 2.83. The quantitative estimate of drug-likeness (QED) is 0.549. The maximum Gasteiger partial charge on any atom is 0.259 e. The van der Waals surface area contributed by atoms with E-state index in [-0.39, 0.29) is 13.1 Å². The van der Waals surface area contributed by atoms with Crippen LogP contribution in [0, 0.1) is 6.92 Å². The first-order valence-corrected chi connectivity index (χ1v) is 4.38. The minimum absolute atomic E-state index is 0.177. The highest BCUT2D eigenvalue weighted by molar-refractivity contribution is 5.76. The van der Waals surface area contributed by atoms with E-state index in [0.717, 1.165) is 11.1 Å². The highest BCUT2D eigenvalue weighted by atomic mass is 16.5. The number of carbonyl (C=O) groups excluding carboxylic acids is 1. The molecule has 0 unspecified atom stereocenters. The van der Waals surface area contributed by atoms with E-state index >= 15 is 0 Å². The standard InChI is InChI=1S/C10H14N2O2/c1-8-2-4-9(5-3-8)7-12(14)10(13)6-11/h2-5,14H,6-7,11H2,1H3. The number of nitrogens with two attached hydrogens (primary N) is 1. The van der Waals surface area contributed by atoms with Crippen LogP contribution >= 0.6 is 0 Å². The summed E-state index contributed by atoms with van der Waals surface area (Å²) in [4.78, 5) is 10.9. The number of benzene rings is 1. The fourth-order valence-corrected chi connectivity index (χ4v) is 1.06. The summed E-state index contributed by atoms with van der Waals surface area (Å²) in [5.41, 5.74) is 7.12. The molecule has 4 nitrogen and oxygen atoms in total. The second-order valence-electron chi connectivity index (χ2n) is 3.14. The van der Waals surface area contributed by atoms with Crippen LogP contribution < -0.4 is 5.73 Å². The summed E-state index contributed by atoms with van der Waals surface area (Å²) >= 11 is 0. The van der Waals surface area contributed by atoms with Crippen LogP contribution in [0.15, 0.2) is 24.3 Å². The molecule has 1 aromatic carbocycles. The van der Waals surface area contributed by atoms with Gasteiger partial charge in [0.15, 0.2) is 0 Å². The van der Waals surface area contributed by atoms with Crippen molar-refractivity contribution in [2.24, 2.45) is 5.73 Å². The minimum Gasteiger partial charge on any atom is -0.322 e. The Labute approximate surface area is 82.9 Å². The molecular formula is C10H14N2O2. The number of carbonyl (C=O) groups is 1.